The minimum Gasteiger partial charge on any atom is -0.378 e. The normalized spacial score (nSPS) is 13.4. The summed E-state index contributed by atoms with van der Waals surface area (Å²) in [4.78, 5) is 40.5. The highest BCUT2D eigenvalue weighted by Crippen LogP contribution is 2.31. The van der Waals surface area contributed by atoms with Gasteiger partial charge in [-0.1, -0.05) is 11.6 Å². The number of rotatable bonds is 5. The minimum atomic E-state index is -4.17. The first-order chi connectivity index (χ1) is 16.5. The maximum absolute atomic E-state index is 14.9. The molecule has 0 bridgehead atoms. The number of anilines is 3. The van der Waals surface area contributed by atoms with E-state index in [1.165, 1.54) is 18.2 Å². The van der Waals surface area contributed by atoms with E-state index >= 15 is 0 Å². The number of halogens is 2. The summed E-state index contributed by atoms with van der Waals surface area (Å²) in [5.74, 6) is -2.22. The molecular weight excluding hydrogens is 519 g/mol. The number of nitrogens with one attached hydrogen (secondary N) is 2. The molecule has 35 heavy (non-hydrogen) atoms. The first kappa shape index (κ1) is 24.6. The number of thiophene rings is 1. The van der Waals surface area contributed by atoms with Crippen molar-refractivity contribution in [2.45, 2.75) is 10.6 Å². The van der Waals surface area contributed by atoms with Crippen LogP contribution in [-0.2, 0) is 21.2 Å². The third-order valence-corrected chi connectivity index (χ3v) is 8.17. The Morgan fingerprint density at radius 1 is 1.11 bits per heavy atom. The number of sulfonamides is 1. The topological polar surface area (TPSA) is 116 Å². The predicted molar refractivity (Wildman–Crippen MR) is 131 cm³/mol. The number of carbonyl (C=O) groups is 3. The van der Waals surface area contributed by atoms with Gasteiger partial charge >= 0.3 is 6.03 Å². The van der Waals surface area contributed by atoms with Gasteiger partial charge in [0.1, 0.15) is 10.0 Å². The van der Waals surface area contributed by atoms with Crippen molar-refractivity contribution in [1.29, 1.82) is 0 Å². The Labute approximate surface area is 209 Å². The second-order valence-electron chi connectivity index (χ2n) is 7.73. The zero-order valence-corrected chi connectivity index (χ0v) is 20.7. The molecule has 0 aliphatic carbocycles. The van der Waals surface area contributed by atoms with Crippen LogP contribution in [0.5, 0.6) is 0 Å². The average molecular weight is 537 g/mol. The molecule has 1 aliphatic rings. The molecule has 0 saturated carbocycles. The van der Waals surface area contributed by atoms with Gasteiger partial charge in [-0.3, -0.25) is 9.59 Å². The van der Waals surface area contributed by atoms with Crippen molar-refractivity contribution in [2.24, 2.45) is 0 Å². The lowest BCUT2D eigenvalue weighted by atomic mass is 9.97. The summed E-state index contributed by atoms with van der Waals surface area (Å²) < 4.78 is 41.2. The smallest absolute Gasteiger partial charge is 0.333 e. The van der Waals surface area contributed by atoms with Crippen molar-refractivity contribution in [3.05, 3.63) is 69.8 Å². The molecule has 0 spiro atoms. The number of hydrogen-bond donors (Lipinski definition) is 2. The van der Waals surface area contributed by atoms with Gasteiger partial charge in [-0.05, 0) is 54.1 Å². The molecule has 4 amide bonds. The number of hydrogen-bond acceptors (Lipinski definition) is 7. The van der Waals surface area contributed by atoms with E-state index in [0.717, 1.165) is 34.1 Å². The monoisotopic (exact) mass is 536 g/mol. The highest BCUT2D eigenvalue weighted by molar-refractivity contribution is 7.92. The van der Waals surface area contributed by atoms with Crippen molar-refractivity contribution in [1.82, 2.24) is 4.72 Å². The van der Waals surface area contributed by atoms with Crippen molar-refractivity contribution in [3.8, 4) is 0 Å². The molecule has 0 fully saturated rings. The van der Waals surface area contributed by atoms with Gasteiger partial charge in [-0.25, -0.2) is 27.2 Å². The largest absolute Gasteiger partial charge is 0.378 e. The fraction of sp³-hybridized carbons (Fsp3) is 0.136. The Bertz CT molecular complexity index is 1470. The Balaban J connectivity index is 1.52. The second kappa shape index (κ2) is 9.29. The molecule has 2 heterocycles. The number of nitrogens with zero attached hydrogens (tertiary/aromatic N) is 2. The van der Waals surface area contributed by atoms with E-state index in [4.69, 9.17) is 11.6 Å². The van der Waals surface area contributed by atoms with E-state index in [0.29, 0.717) is 5.56 Å². The van der Waals surface area contributed by atoms with Crippen LogP contribution < -0.4 is 19.8 Å². The average Bonchev–Trinajstić information content (AvgIpc) is 3.21. The SMILES string of the molecule is CN(C)c1ccc2c(c1)CC(=O)N(c1ccc(NC(=O)NS(=O)(=O)c3ccc(Cl)s3)cc1F)C2=O. The van der Waals surface area contributed by atoms with E-state index in [-0.39, 0.29) is 31.9 Å². The molecule has 0 radical (unpaired) electrons. The lowest BCUT2D eigenvalue weighted by Gasteiger charge is -2.28. The van der Waals surface area contributed by atoms with E-state index in [9.17, 15) is 27.2 Å². The molecule has 4 rings (SSSR count). The van der Waals surface area contributed by atoms with Crippen molar-refractivity contribution < 1.29 is 27.2 Å². The quantitative estimate of drug-likeness (QED) is 0.479. The zero-order valence-electron chi connectivity index (χ0n) is 18.3. The van der Waals surface area contributed by atoms with Gasteiger partial charge in [-0.2, -0.15) is 0 Å². The third-order valence-electron chi connectivity index (χ3n) is 5.12. The molecule has 9 nitrogen and oxygen atoms in total. The second-order valence-corrected chi connectivity index (χ2v) is 11.4. The Morgan fingerprint density at radius 3 is 2.49 bits per heavy atom. The van der Waals surface area contributed by atoms with E-state index < -0.39 is 33.7 Å². The van der Waals surface area contributed by atoms with E-state index in [1.807, 2.05) is 19.0 Å². The number of imide groups is 1. The van der Waals surface area contributed by atoms with Crippen LogP contribution in [0.15, 0.2) is 52.7 Å². The molecule has 0 unspecified atom stereocenters. The van der Waals surface area contributed by atoms with Crippen LogP contribution in [0.2, 0.25) is 4.34 Å². The highest BCUT2D eigenvalue weighted by atomic mass is 35.5. The molecule has 2 N–H and O–H groups in total. The van der Waals surface area contributed by atoms with E-state index in [1.54, 1.807) is 22.9 Å². The van der Waals surface area contributed by atoms with Crippen LogP contribution in [-0.4, -0.2) is 40.4 Å². The molecule has 182 valence electrons. The lowest BCUT2D eigenvalue weighted by Crippen LogP contribution is -2.43. The molecule has 1 aromatic heterocycles. The van der Waals surface area contributed by atoms with Crippen LogP contribution >= 0.6 is 22.9 Å². The van der Waals surface area contributed by atoms with Gasteiger partial charge in [0, 0.05) is 31.0 Å². The van der Waals surface area contributed by atoms with Gasteiger partial charge in [-0.15, -0.1) is 11.3 Å². The van der Waals surface area contributed by atoms with Crippen molar-refractivity contribution >= 4 is 67.9 Å². The Morgan fingerprint density at radius 2 is 1.86 bits per heavy atom. The van der Waals surface area contributed by atoms with Crippen molar-refractivity contribution in [3.63, 3.8) is 0 Å². The molecule has 3 aromatic rings. The zero-order chi connectivity index (χ0) is 25.5. The third kappa shape index (κ3) is 4.99. The number of benzene rings is 2. The van der Waals surface area contributed by atoms with Crippen LogP contribution in [0.1, 0.15) is 15.9 Å². The maximum Gasteiger partial charge on any atom is 0.333 e. The fourth-order valence-electron chi connectivity index (χ4n) is 3.47. The van der Waals surface area contributed by atoms with Crippen LogP contribution in [0.25, 0.3) is 0 Å². The molecule has 1 aliphatic heterocycles. The van der Waals surface area contributed by atoms with Gasteiger partial charge in [0.05, 0.1) is 16.4 Å². The summed E-state index contributed by atoms with van der Waals surface area (Å²) in [5, 5.41) is 2.21. The number of urea groups is 1. The van der Waals surface area contributed by atoms with Crippen LogP contribution in [0.3, 0.4) is 0 Å². The highest BCUT2D eigenvalue weighted by Gasteiger charge is 2.34. The Kier molecular flexibility index (Phi) is 6.54. The Hall–Kier alpha value is -3.48. The number of carbonyl (C=O) groups excluding carboxylic acids is 3. The van der Waals surface area contributed by atoms with Crippen LogP contribution in [0, 0.1) is 5.82 Å². The molecular formula is C22H18ClFN4O5S2. The van der Waals surface area contributed by atoms with E-state index in [2.05, 4.69) is 5.32 Å². The van der Waals surface area contributed by atoms with Gasteiger partial charge in [0.2, 0.25) is 5.91 Å². The van der Waals surface area contributed by atoms with Gasteiger partial charge in [0.25, 0.3) is 15.9 Å². The molecule has 0 atom stereocenters. The summed E-state index contributed by atoms with van der Waals surface area (Å²) >= 11 is 6.49. The van der Waals surface area contributed by atoms with Crippen LogP contribution in [0.4, 0.5) is 26.2 Å². The summed E-state index contributed by atoms with van der Waals surface area (Å²) in [6.07, 6.45) is -0.0881. The minimum absolute atomic E-state index is 0.0869. The number of amides is 4. The summed E-state index contributed by atoms with van der Waals surface area (Å²) in [6, 6.07) is 9.83. The standard InChI is InChI=1S/C22H18ClFN4O5S2/c1-27(2)14-4-5-15-12(9-14)10-19(29)28(21(15)30)17-6-3-13(11-16(17)24)25-22(31)26-35(32,33)20-8-7-18(23)34-20/h3-9,11H,10H2,1-2H3,(H2,25,26,31). The molecule has 13 heteroatoms. The first-order valence-corrected chi connectivity index (χ1v) is 12.7. The summed E-state index contributed by atoms with van der Waals surface area (Å²) in [5.41, 5.74) is 1.29. The summed E-state index contributed by atoms with van der Waals surface area (Å²) in [6.45, 7) is 0. The molecule has 2 aromatic carbocycles. The maximum atomic E-state index is 14.9. The number of fused-ring (bicyclic) bond motifs is 1. The fourth-order valence-corrected chi connectivity index (χ4v) is 5.86. The van der Waals surface area contributed by atoms with Gasteiger partial charge in [0.15, 0.2) is 0 Å². The van der Waals surface area contributed by atoms with Gasteiger partial charge < -0.3 is 10.2 Å². The first-order valence-electron chi connectivity index (χ1n) is 10.0. The summed E-state index contributed by atoms with van der Waals surface area (Å²) in [7, 11) is -0.503. The van der Waals surface area contributed by atoms with Crippen molar-refractivity contribution in [2.75, 3.05) is 29.2 Å². The predicted octanol–water partition coefficient (Wildman–Crippen LogP) is 3.85. The molecule has 0 saturated heterocycles. The lowest BCUT2D eigenvalue weighted by molar-refractivity contribution is -0.117.